The molecule has 0 radical (unpaired) electrons. The van der Waals surface area contributed by atoms with Gasteiger partial charge in [0.1, 0.15) is 0 Å². The SMILES string of the molecule is CC(=O)Nc1ccc(S(=O)(=O)Nc2cc(N3CCCC3)ccc2C)cc1. The van der Waals surface area contributed by atoms with Crippen LogP contribution in [0.5, 0.6) is 0 Å². The van der Waals surface area contributed by atoms with E-state index in [0.29, 0.717) is 11.4 Å². The second kappa shape index (κ2) is 7.37. The highest BCUT2D eigenvalue weighted by Gasteiger charge is 2.18. The molecule has 1 aliphatic heterocycles. The Hall–Kier alpha value is -2.54. The van der Waals surface area contributed by atoms with Crippen molar-refractivity contribution in [3.8, 4) is 0 Å². The van der Waals surface area contributed by atoms with Gasteiger partial charge in [0.15, 0.2) is 0 Å². The Morgan fingerprint density at radius 1 is 1.04 bits per heavy atom. The average molecular weight is 373 g/mol. The van der Waals surface area contributed by atoms with Crippen molar-refractivity contribution in [1.29, 1.82) is 0 Å². The van der Waals surface area contributed by atoms with Crippen LogP contribution in [0, 0.1) is 6.92 Å². The minimum Gasteiger partial charge on any atom is -0.371 e. The number of carbonyl (C=O) groups excluding carboxylic acids is 1. The summed E-state index contributed by atoms with van der Waals surface area (Å²) in [6, 6.07) is 12.0. The third-order valence-corrected chi connectivity index (χ3v) is 5.80. The molecule has 2 N–H and O–H groups in total. The number of hydrogen-bond donors (Lipinski definition) is 2. The molecular formula is C19H23N3O3S. The zero-order valence-electron chi connectivity index (χ0n) is 15.0. The number of nitrogens with one attached hydrogen (secondary N) is 2. The lowest BCUT2D eigenvalue weighted by molar-refractivity contribution is -0.114. The first kappa shape index (κ1) is 18.3. The Balaban J connectivity index is 1.82. The Bertz CT molecular complexity index is 902. The highest BCUT2D eigenvalue weighted by Crippen LogP contribution is 2.28. The molecule has 138 valence electrons. The van der Waals surface area contributed by atoms with Gasteiger partial charge in [-0.1, -0.05) is 6.07 Å². The first-order chi connectivity index (χ1) is 12.3. The quantitative estimate of drug-likeness (QED) is 0.842. The summed E-state index contributed by atoms with van der Waals surface area (Å²) in [5, 5.41) is 2.62. The third kappa shape index (κ3) is 4.16. The van der Waals surface area contributed by atoms with Gasteiger partial charge in [-0.05, 0) is 61.7 Å². The molecule has 0 saturated carbocycles. The lowest BCUT2D eigenvalue weighted by Gasteiger charge is -2.20. The fraction of sp³-hybridized carbons (Fsp3) is 0.316. The third-order valence-electron chi connectivity index (χ3n) is 4.42. The molecule has 1 saturated heterocycles. The van der Waals surface area contributed by atoms with Crippen LogP contribution in [-0.4, -0.2) is 27.4 Å². The van der Waals surface area contributed by atoms with E-state index in [9.17, 15) is 13.2 Å². The van der Waals surface area contributed by atoms with Crippen LogP contribution in [0.25, 0.3) is 0 Å². The first-order valence-corrected chi connectivity index (χ1v) is 10.1. The van der Waals surface area contributed by atoms with E-state index in [0.717, 1.165) is 37.2 Å². The fourth-order valence-electron chi connectivity index (χ4n) is 3.02. The first-order valence-electron chi connectivity index (χ1n) is 8.61. The maximum Gasteiger partial charge on any atom is 0.261 e. The maximum absolute atomic E-state index is 12.7. The zero-order chi connectivity index (χ0) is 18.7. The van der Waals surface area contributed by atoms with Crippen LogP contribution in [0.2, 0.25) is 0 Å². The largest absolute Gasteiger partial charge is 0.371 e. The van der Waals surface area contributed by atoms with Crippen LogP contribution in [-0.2, 0) is 14.8 Å². The van der Waals surface area contributed by atoms with Crippen molar-refractivity contribution in [3.05, 3.63) is 48.0 Å². The predicted molar refractivity (Wildman–Crippen MR) is 104 cm³/mol. The van der Waals surface area contributed by atoms with Gasteiger partial charge >= 0.3 is 0 Å². The molecule has 0 unspecified atom stereocenters. The van der Waals surface area contributed by atoms with Gasteiger partial charge in [0.2, 0.25) is 5.91 Å². The standard InChI is InChI=1S/C19H23N3O3S/c1-14-5-8-17(22-11-3-4-12-22)13-19(14)21-26(24,25)18-9-6-16(7-10-18)20-15(2)23/h5-10,13,21H,3-4,11-12H2,1-2H3,(H,20,23). The van der Waals surface area contributed by atoms with E-state index < -0.39 is 10.0 Å². The zero-order valence-corrected chi connectivity index (χ0v) is 15.8. The van der Waals surface area contributed by atoms with Crippen molar-refractivity contribution in [1.82, 2.24) is 0 Å². The molecule has 1 fully saturated rings. The van der Waals surface area contributed by atoms with E-state index >= 15 is 0 Å². The van der Waals surface area contributed by atoms with Crippen LogP contribution in [0.4, 0.5) is 17.1 Å². The van der Waals surface area contributed by atoms with E-state index in [2.05, 4.69) is 14.9 Å². The van der Waals surface area contributed by atoms with Gasteiger partial charge in [-0.2, -0.15) is 0 Å². The molecule has 1 amide bonds. The monoisotopic (exact) mass is 373 g/mol. The minimum absolute atomic E-state index is 0.151. The molecule has 0 spiro atoms. The average Bonchev–Trinajstić information content (AvgIpc) is 3.11. The van der Waals surface area contributed by atoms with Crippen LogP contribution >= 0.6 is 0 Å². The number of nitrogens with zero attached hydrogens (tertiary/aromatic N) is 1. The van der Waals surface area contributed by atoms with Crippen molar-refractivity contribution in [3.63, 3.8) is 0 Å². The van der Waals surface area contributed by atoms with Gasteiger partial charge in [-0.15, -0.1) is 0 Å². The number of benzene rings is 2. The molecule has 2 aromatic carbocycles. The van der Waals surface area contributed by atoms with Gasteiger partial charge < -0.3 is 10.2 Å². The van der Waals surface area contributed by atoms with Gasteiger partial charge in [0.25, 0.3) is 10.0 Å². The van der Waals surface area contributed by atoms with Crippen molar-refractivity contribution >= 4 is 33.0 Å². The molecule has 0 bridgehead atoms. The van der Waals surface area contributed by atoms with Crippen LogP contribution in [0.3, 0.4) is 0 Å². The van der Waals surface area contributed by atoms with Crippen molar-refractivity contribution in [2.45, 2.75) is 31.6 Å². The predicted octanol–water partition coefficient (Wildman–Crippen LogP) is 3.35. The number of rotatable bonds is 5. The molecule has 1 aliphatic rings. The lowest BCUT2D eigenvalue weighted by atomic mass is 10.2. The van der Waals surface area contributed by atoms with Gasteiger partial charge in [-0.3, -0.25) is 9.52 Å². The molecule has 0 aromatic heterocycles. The molecule has 26 heavy (non-hydrogen) atoms. The highest BCUT2D eigenvalue weighted by molar-refractivity contribution is 7.92. The molecule has 6 nitrogen and oxygen atoms in total. The summed E-state index contributed by atoms with van der Waals surface area (Å²) in [6.45, 7) is 5.29. The number of carbonyl (C=O) groups is 1. The van der Waals surface area contributed by atoms with E-state index in [1.165, 1.54) is 19.1 Å². The van der Waals surface area contributed by atoms with E-state index in [4.69, 9.17) is 0 Å². The Kier molecular flexibility index (Phi) is 5.18. The van der Waals surface area contributed by atoms with Crippen LogP contribution < -0.4 is 14.9 Å². The second-order valence-electron chi connectivity index (χ2n) is 6.50. The van der Waals surface area contributed by atoms with Crippen molar-refractivity contribution < 1.29 is 13.2 Å². The van der Waals surface area contributed by atoms with Gasteiger partial charge in [-0.25, -0.2) is 8.42 Å². The van der Waals surface area contributed by atoms with Crippen molar-refractivity contribution in [2.24, 2.45) is 0 Å². The normalized spacial score (nSPS) is 14.3. The molecule has 7 heteroatoms. The molecule has 0 aliphatic carbocycles. The molecular weight excluding hydrogens is 350 g/mol. The topological polar surface area (TPSA) is 78.5 Å². The summed E-state index contributed by atoms with van der Waals surface area (Å²) >= 11 is 0. The molecule has 3 rings (SSSR count). The van der Waals surface area contributed by atoms with E-state index in [-0.39, 0.29) is 10.8 Å². The number of aryl methyl sites for hydroxylation is 1. The van der Waals surface area contributed by atoms with E-state index in [1.807, 2.05) is 25.1 Å². The number of amides is 1. The van der Waals surface area contributed by atoms with Gasteiger partial charge in [0, 0.05) is 31.4 Å². The summed E-state index contributed by atoms with van der Waals surface area (Å²) in [4.78, 5) is 13.5. The summed E-state index contributed by atoms with van der Waals surface area (Å²) in [7, 11) is -3.70. The Morgan fingerprint density at radius 2 is 1.69 bits per heavy atom. The van der Waals surface area contributed by atoms with Crippen LogP contribution in [0.15, 0.2) is 47.4 Å². The van der Waals surface area contributed by atoms with E-state index in [1.54, 1.807) is 12.1 Å². The number of hydrogen-bond acceptors (Lipinski definition) is 4. The van der Waals surface area contributed by atoms with Crippen LogP contribution in [0.1, 0.15) is 25.3 Å². The smallest absolute Gasteiger partial charge is 0.261 e. The molecule has 1 heterocycles. The minimum atomic E-state index is -3.70. The lowest BCUT2D eigenvalue weighted by Crippen LogP contribution is -2.19. The summed E-state index contributed by atoms with van der Waals surface area (Å²) in [5.41, 5.74) is 3.04. The Labute approximate surface area is 154 Å². The fourth-order valence-corrected chi connectivity index (χ4v) is 4.14. The van der Waals surface area contributed by atoms with Crippen molar-refractivity contribution in [2.75, 3.05) is 28.0 Å². The summed E-state index contributed by atoms with van der Waals surface area (Å²) in [6.07, 6.45) is 2.32. The second-order valence-corrected chi connectivity index (χ2v) is 8.19. The number of anilines is 3. The summed E-state index contributed by atoms with van der Waals surface area (Å²) in [5.74, 6) is -0.201. The van der Waals surface area contributed by atoms with Gasteiger partial charge in [0.05, 0.1) is 10.6 Å². The Morgan fingerprint density at radius 3 is 2.31 bits per heavy atom. The molecule has 0 atom stereocenters. The number of sulfonamides is 1. The maximum atomic E-state index is 12.7. The highest BCUT2D eigenvalue weighted by atomic mass is 32.2. The molecule has 2 aromatic rings. The summed E-state index contributed by atoms with van der Waals surface area (Å²) < 4.78 is 28.1.